The fourth-order valence-electron chi connectivity index (χ4n) is 5.38. The molecule has 1 N–H and O–H groups in total. The van der Waals surface area contributed by atoms with Crippen LogP contribution in [0.1, 0.15) is 33.6 Å². The summed E-state index contributed by atoms with van der Waals surface area (Å²) in [5, 5.41) is 2.94. The number of hydrogen-bond donors (Lipinski definition) is 1. The van der Waals surface area contributed by atoms with Crippen molar-refractivity contribution in [3.05, 3.63) is 108 Å². The van der Waals surface area contributed by atoms with Crippen molar-refractivity contribution < 1.29 is 23.9 Å². The van der Waals surface area contributed by atoms with Crippen LogP contribution in [0.2, 0.25) is 5.02 Å². The maximum Gasteiger partial charge on any atom is 0.338 e. The summed E-state index contributed by atoms with van der Waals surface area (Å²) in [6.45, 7) is 1.66. The first-order chi connectivity index (χ1) is 21.2. The van der Waals surface area contributed by atoms with Crippen molar-refractivity contribution in [2.45, 2.75) is 29.7 Å². The largest absolute Gasteiger partial charge is 0.462 e. The molecule has 0 saturated carbocycles. The minimum atomic E-state index is -0.807. The normalized spacial score (nSPS) is 19.0. The number of benzene rings is 3. The van der Waals surface area contributed by atoms with Crippen molar-refractivity contribution in [1.29, 1.82) is 0 Å². The Morgan fingerprint density at radius 1 is 0.955 bits per heavy atom. The highest BCUT2D eigenvalue weighted by atomic mass is 79.9. The highest BCUT2D eigenvalue weighted by Crippen LogP contribution is 2.54. The van der Waals surface area contributed by atoms with E-state index >= 15 is 0 Å². The molecule has 3 aromatic carbocycles. The molecule has 0 bridgehead atoms. The van der Waals surface area contributed by atoms with Gasteiger partial charge in [0, 0.05) is 26.0 Å². The Balaban J connectivity index is 1.33. The van der Waals surface area contributed by atoms with Crippen LogP contribution in [0.5, 0.6) is 0 Å². The molecule has 0 aliphatic carbocycles. The average molecular weight is 713 g/mol. The Morgan fingerprint density at radius 3 is 2.30 bits per heavy atom. The summed E-state index contributed by atoms with van der Waals surface area (Å²) < 4.78 is 7.15. The van der Waals surface area contributed by atoms with Crippen LogP contribution in [0.25, 0.3) is 0 Å². The monoisotopic (exact) mass is 711 g/mol. The Bertz CT molecular complexity index is 1840. The number of amides is 3. The Labute approximate surface area is 273 Å². The smallest absolute Gasteiger partial charge is 0.338 e. The zero-order chi connectivity index (χ0) is 31.1. The van der Waals surface area contributed by atoms with Gasteiger partial charge in [-0.2, -0.15) is 0 Å². The minimum Gasteiger partial charge on any atom is -0.462 e. The molecule has 2 unspecified atom stereocenters. The number of ether oxygens (including phenoxy) is 1. The van der Waals surface area contributed by atoms with E-state index in [2.05, 4.69) is 21.2 Å². The molecule has 1 saturated heterocycles. The lowest BCUT2D eigenvalue weighted by Crippen LogP contribution is -2.33. The summed E-state index contributed by atoms with van der Waals surface area (Å²) in [4.78, 5) is 67.6. The summed E-state index contributed by atoms with van der Waals surface area (Å²) in [7, 11) is 0. The fraction of sp³-hybridized carbons (Fsp3) is 0.194. The van der Waals surface area contributed by atoms with Crippen LogP contribution in [0.3, 0.4) is 0 Å². The number of carbonyl (C=O) groups is 4. The van der Waals surface area contributed by atoms with E-state index in [0.29, 0.717) is 31.9 Å². The van der Waals surface area contributed by atoms with Crippen molar-refractivity contribution in [1.82, 2.24) is 4.57 Å². The van der Waals surface area contributed by atoms with Crippen molar-refractivity contribution in [3.8, 4) is 0 Å². The molecule has 3 amide bonds. The number of imide groups is 1. The number of carbonyl (C=O) groups excluding carboxylic acids is 4. The molecule has 1 aromatic heterocycles. The van der Waals surface area contributed by atoms with E-state index in [1.165, 1.54) is 9.47 Å². The van der Waals surface area contributed by atoms with Gasteiger partial charge in [-0.3, -0.25) is 23.7 Å². The predicted octanol–water partition coefficient (Wildman–Crippen LogP) is 5.94. The van der Waals surface area contributed by atoms with Gasteiger partial charge in [0.15, 0.2) is 0 Å². The van der Waals surface area contributed by atoms with Crippen molar-refractivity contribution in [2.75, 3.05) is 16.8 Å². The lowest BCUT2D eigenvalue weighted by Gasteiger charge is -2.30. The van der Waals surface area contributed by atoms with Crippen LogP contribution in [-0.2, 0) is 25.7 Å². The molecule has 13 heteroatoms. The number of fused-ring (bicyclic) bond motifs is 2. The van der Waals surface area contributed by atoms with E-state index < -0.39 is 29.0 Å². The number of rotatable bonds is 7. The number of nitrogens with one attached hydrogen (secondary N) is 1. The Morgan fingerprint density at radius 2 is 1.64 bits per heavy atom. The zero-order valence-electron chi connectivity index (χ0n) is 23.0. The van der Waals surface area contributed by atoms with E-state index in [4.69, 9.17) is 16.3 Å². The van der Waals surface area contributed by atoms with Gasteiger partial charge in [-0.05, 0) is 73.2 Å². The summed E-state index contributed by atoms with van der Waals surface area (Å²) in [5.41, 5.74) is 1.99. The highest BCUT2D eigenvalue weighted by molar-refractivity contribution is 9.10. The molecule has 0 radical (unpaired) electrons. The molecule has 0 spiro atoms. The van der Waals surface area contributed by atoms with E-state index in [9.17, 15) is 24.0 Å². The van der Waals surface area contributed by atoms with Gasteiger partial charge in [-0.15, -0.1) is 0 Å². The Hall–Kier alpha value is -3.71. The van der Waals surface area contributed by atoms with Gasteiger partial charge in [0.1, 0.15) is 11.8 Å². The number of thiazole rings is 1. The number of thioether (sulfide) groups is 1. The maximum atomic E-state index is 14.0. The van der Waals surface area contributed by atoms with E-state index in [1.807, 2.05) is 0 Å². The number of anilines is 2. The molecule has 3 atom stereocenters. The molecule has 4 aromatic rings. The molecule has 1 fully saturated rings. The van der Waals surface area contributed by atoms with E-state index in [1.54, 1.807) is 79.7 Å². The predicted molar refractivity (Wildman–Crippen MR) is 173 cm³/mol. The molecule has 44 heavy (non-hydrogen) atoms. The number of nitrogens with zero attached hydrogens (tertiary/aromatic N) is 2. The molecule has 9 nitrogen and oxygen atoms in total. The second kappa shape index (κ2) is 12.4. The molecule has 3 heterocycles. The van der Waals surface area contributed by atoms with Gasteiger partial charge in [0.05, 0.1) is 28.8 Å². The molecule has 2 aliphatic heterocycles. The average Bonchev–Trinajstić information content (AvgIpc) is 3.45. The number of aromatic nitrogens is 1. The van der Waals surface area contributed by atoms with Gasteiger partial charge in [-0.25, -0.2) is 9.69 Å². The molecular weight excluding hydrogens is 690 g/mol. The third-order valence-electron chi connectivity index (χ3n) is 7.34. The SMILES string of the molecule is CCOC(=O)c1ccc(NC(=O)Cn2c3c(sc2=O)[C@H](c2ccc(Cl)cc2)C2C(=O)N(c4ccc(Br)cc4)C(=O)C2S3)cc1. The third-order valence-corrected chi connectivity index (χ3v) is 10.7. The van der Waals surface area contributed by atoms with Gasteiger partial charge in [-0.1, -0.05) is 62.8 Å². The van der Waals surface area contributed by atoms with Crippen molar-refractivity contribution in [3.63, 3.8) is 0 Å². The third kappa shape index (κ3) is 5.63. The van der Waals surface area contributed by atoms with Crippen LogP contribution in [0, 0.1) is 5.92 Å². The maximum absolute atomic E-state index is 14.0. The fourth-order valence-corrected chi connectivity index (χ4v) is 8.54. The van der Waals surface area contributed by atoms with Crippen LogP contribution in [0.4, 0.5) is 11.4 Å². The first-order valence-electron chi connectivity index (χ1n) is 13.5. The summed E-state index contributed by atoms with van der Waals surface area (Å²) in [6, 6.07) is 20.2. The molecule has 224 valence electrons. The zero-order valence-corrected chi connectivity index (χ0v) is 27.0. The second-order valence-corrected chi connectivity index (χ2v) is 13.5. The van der Waals surface area contributed by atoms with Gasteiger partial charge in [0.25, 0.3) is 0 Å². The number of hydrogen-bond acceptors (Lipinski definition) is 8. The van der Waals surface area contributed by atoms with Crippen molar-refractivity contribution in [2.24, 2.45) is 5.92 Å². The number of esters is 1. The van der Waals surface area contributed by atoms with Crippen LogP contribution in [0.15, 0.2) is 87.1 Å². The highest BCUT2D eigenvalue weighted by Gasteiger charge is 2.56. The minimum absolute atomic E-state index is 0.248. The summed E-state index contributed by atoms with van der Waals surface area (Å²) >= 11 is 11.7. The Kier molecular flexibility index (Phi) is 8.51. The van der Waals surface area contributed by atoms with Gasteiger partial charge < -0.3 is 10.1 Å². The van der Waals surface area contributed by atoms with Crippen LogP contribution in [-0.4, -0.2) is 40.1 Å². The standard InChI is InChI=1S/C31H23BrClN3O6S2/c1-2-42-30(40)17-5-11-20(12-6-17)34-22(37)15-35-29-26(44-31(35)41)23(16-3-9-19(33)10-4-16)24-25(43-29)28(39)36(27(24)38)21-13-7-18(32)8-14-21/h3-14,23-25H,2,15H2,1H3,(H,34,37)/t23-,24?,25?/m1/s1. The quantitative estimate of drug-likeness (QED) is 0.187. The van der Waals surface area contributed by atoms with E-state index in [-0.39, 0.29) is 29.8 Å². The number of halogens is 2. The van der Waals surface area contributed by atoms with Crippen LogP contribution < -0.4 is 15.1 Å². The van der Waals surface area contributed by atoms with Gasteiger partial charge >= 0.3 is 10.8 Å². The van der Waals surface area contributed by atoms with Gasteiger partial charge in [0.2, 0.25) is 17.7 Å². The first-order valence-corrected chi connectivity index (χ1v) is 16.4. The first kappa shape index (κ1) is 30.3. The summed E-state index contributed by atoms with van der Waals surface area (Å²) in [5.74, 6) is -3.02. The lowest BCUT2D eigenvalue weighted by molar-refractivity contribution is -0.122. The molecule has 2 aliphatic rings. The molecule has 6 rings (SSSR count). The lowest BCUT2D eigenvalue weighted by atomic mass is 9.83. The second-order valence-electron chi connectivity index (χ2n) is 10.1. The molecular formula is C31H23BrClN3O6S2. The van der Waals surface area contributed by atoms with Crippen molar-refractivity contribution >= 4 is 85.7 Å². The summed E-state index contributed by atoms with van der Waals surface area (Å²) in [6.07, 6.45) is 0. The van der Waals surface area contributed by atoms with E-state index in [0.717, 1.165) is 33.1 Å². The van der Waals surface area contributed by atoms with Crippen LogP contribution >= 0.6 is 50.6 Å². The topological polar surface area (TPSA) is 115 Å².